The normalized spacial score (nSPS) is 24.8. The van der Waals surface area contributed by atoms with Crippen LogP contribution in [0.25, 0.3) is 0 Å². The van der Waals surface area contributed by atoms with Crippen LogP contribution in [0.4, 0.5) is 4.79 Å². The zero-order chi connectivity index (χ0) is 38.0. The molecule has 1 unspecified atom stereocenters. The van der Waals surface area contributed by atoms with E-state index >= 15 is 0 Å². The predicted octanol–water partition coefficient (Wildman–Crippen LogP) is 6.16. The molecule has 2 fully saturated rings. The molecule has 11 heteroatoms. The number of amides is 2. The molecule has 2 heterocycles. The molecule has 3 aromatic carbocycles. The monoisotopic (exact) mass is 732 g/mol. The Kier molecular flexibility index (Phi) is 14.1. The first-order valence-electron chi connectivity index (χ1n) is 18.5. The van der Waals surface area contributed by atoms with Gasteiger partial charge in [-0.2, -0.15) is 0 Å². The molecule has 2 aliphatic rings. The number of carbonyl (C=O) groups excluding carboxylic acids is 2. The average Bonchev–Trinajstić information content (AvgIpc) is 3.45. The summed E-state index contributed by atoms with van der Waals surface area (Å²) in [6, 6.07) is 28.3. The molecule has 2 N–H and O–H groups in total. The third-order valence-corrected chi connectivity index (χ3v) is 9.43. The molecule has 5 rings (SSSR count). The molecule has 53 heavy (non-hydrogen) atoms. The van der Waals surface area contributed by atoms with Crippen molar-refractivity contribution in [3.63, 3.8) is 0 Å². The van der Waals surface area contributed by atoms with Crippen LogP contribution in [0.1, 0.15) is 71.1 Å². The minimum Gasteiger partial charge on any atom is -0.444 e. The zero-order valence-corrected chi connectivity index (χ0v) is 31.8. The van der Waals surface area contributed by atoms with E-state index in [4.69, 9.17) is 28.4 Å². The van der Waals surface area contributed by atoms with E-state index in [2.05, 4.69) is 5.32 Å². The number of aliphatic hydroxyl groups is 1. The van der Waals surface area contributed by atoms with Crippen molar-refractivity contribution in [3.8, 4) is 0 Å². The van der Waals surface area contributed by atoms with Crippen molar-refractivity contribution in [2.45, 2.75) is 128 Å². The molecule has 0 radical (unpaired) electrons. The van der Waals surface area contributed by atoms with Gasteiger partial charge in [0.15, 0.2) is 0 Å². The van der Waals surface area contributed by atoms with Crippen LogP contribution in [0.2, 0.25) is 0 Å². The number of nitrogens with one attached hydrogen (secondary N) is 1. The zero-order valence-electron chi connectivity index (χ0n) is 31.8. The molecular formula is C42H56N2O9. The van der Waals surface area contributed by atoms with E-state index in [1.54, 1.807) is 34.6 Å². The van der Waals surface area contributed by atoms with Gasteiger partial charge in [-0.1, -0.05) is 91.0 Å². The van der Waals surface area contributed by atoms with Crippen molar-refractivity contribution in [2.75, 3.05) is 13.2 Å². The summed E-state index contributed by atoms with van der Waals surface area (Å²) in [6.07, 6.45) is -3.41. The molecule has 0 aliphatic carbocycles. The fraction of sp³-hybridized carbons (Fsp3) is 0.524. The van der Waals surface area contributed by atoms with Gasteiger partial charge in [-0.15, -0.1) is 0 Å². The summed E-state index contributed by atoms with van der Waals surface area (Å²) in [4.78, 5) is 27.6. The van der Waals surface area contributed by atoms with E-state index in [1.807, 2.05) is 91.0 Å². The molecule has 0 aromatic heterocycles. The largest absolute Gasteiger partial charge is 0.444 e. The Hall–Kier alpha value is -3.84. The van der Waals surface area contributed by atoms with Crippen LogP contribution >= 0.6 is 0 Å². The van der Waals surface area contributed by atoms with Crippen LogP contribution in [-0.2, 0) is 53.0 Å². The second-order valence-electron chi connectivity index (χ2n) is 15.3. The van der Waals surface area contributed by atoms with Gasteiger partial charge in [-0.05, 0) is 64.2 Å². The maximum atomic E-state index is 13.3. The standard InChI is InChI=1S/C42H56N2O9/c1-29(45)43-37-35(23-22-34(46)33-27-51-42(5,6)44(33)40(47)53-41(2,3)4)52-36(28-48-24-30-16-10-7-11-17-30)38(49-25-31-18-12-8-13-19-31)39(37)50-26-32-20-14-9-15-21-32/h7-21,33-39,46H,22-28H2,1-6H3,(H,43,45)/t33-,34?,35-,36-,37+,38-,39-/m1/s1. The first-order valence-corrected chi connectivity index (χ1v) is 18.5. The number of aliphatic hydroxyl groups excluding tert-OH is 1. The molecule has 2 aliphatic heterocycles. The van der Waals surface area contributed by atoms with Crippen LogP contribution < -0.4 is 5.32 Å². The van der Waals surface area contributed by atoms with Crippen LogP contribution in [0.15, 0.2) is 91.0 Å². The van der Waals surface area contributed by atoms with E-state index in [0.717, 1.165) is 16.7 Å². The molecule has 0 saturated carbocycles. The molecular weight excluding hydrogens is 676 g/mol. The van der Waals surface area contributed by atoms with E-state index in [-0.39, 0.29) is 32.1 Å². The molecule has 288 valence electrons. The Morgan fingerprint density at radius 2 is 1.38 bits per heavy atom. The Morgan fingerprint density at radius 3 is 1.91 bits per heavy atom. The van der Waals surface area contributed by atoms with Gasteiger partial charge in [0.1, 0.15) is 29.6 Å². The summed E-state index contributed by atoms with van der Waals surface area (Å²) in [5.74, 6) is -0.250. The maximum Gasteiger partial charge on any atom is 0.412 e. The third kappa shape index (κ3) is 11.6. The fourth-order valence-corrected chi connectivity index (χ4v) is 6.92. The van der Waals surface area contributed by atoms with Crippen molar-refractivity contribution in [1.82, 2.24) is 10.2 Å². The summed E-state index contributed by atoms with van der Waals surface area (Å²) in [6.45, 7) is 11.7. The summed E-state index contributed by atoms with van der Waals surface area (Å²) < 4.78 is 38.1. The van der Waals surface area contributed by atoms with Crippen molar-refractivity contribution in [3.05, 3.63) is 108 Å². The molecule has 3 aromatic rings. The van der Waals surface area contributed by atoms with E-state index in [1.165, 1.54) is 11.8 Å². The first kappa shape index (κ1) is 40.3. The lowest BCUT2D eigenvalue weighted by Crippen LogP contribution is -2.65. The van der Waals surface area contributed by atoms with Crippen LogP contribution in [0.5, 0.6) is 0 Å². The number of ether oxygens (including phenoxy) is 6. The predicted molar refractivity (Wildman–Crippen MR) is 200 cm³/mol. The molecule has 11 nitrogen and oxygen atoms in total. The van der Waals surface area contributed by atoms with Crippen molar-refractivity contribution in [2.24, 2.45) is 0 Å². The Bertz CT molecular complexity index is 1570. The quantitative estimate of drug-likeness (QED) is 0.189. The summed E-state index contributed by atoms with van der Waals surface area (Å²) >= 11 is 0. The number of carbonyl (C=O) groups is 2. The highest BCUT2D eigenvalue weighted by molar-refractivity contribution is 5.73. The summed E-state index contributed by atoms with van der Waals surface area (Å²) in [7, 11) is 0. The third-order valence-electron chi connectivity index (χ3n) is 9.43. The summed E-state index contributed by atoms with van der Waals surface area (Å²) in [5, 5.41) is 14.8. The highest BCUT2D eigenvalue weighted by Gasteiger charge is 2.50. The highest BCUT2D eigenvalue weighted by Crippen LogP contribution is 2.34. The van der Waals surface area contributed by atoms with Gasteiger partial charge in [0.05, 0.1) is 57.3 Å². The lowest BCUT2D eigenvalue weighted by Gasteiger charge is -2.47. The van der Waals surface area contributed by atoms with Gasteiger partial charge in [0, 0.05) is 6.92 Å². The number of hydrogen-bond donors (Lipinski definition) is 2. The Labute approximate surface area is 313 Å². The van der Waals surface area contributed by atoms with Crippen LogP contribution in [0.3, 0.4) is 0 Å². The van der Waals surface area contributed by atoms with Gasteiger partial charge in [-0.25, -0.2) is 4.79 Å². The lowest BCUT2D eigenvalue weighted by atomic mass is 9.88. The minimum atomic E-state index is -0.977. The maximum absolute atomic E-state index is 13.3. The van der Waals surface area contributed by atoms with E-state index in [9.17, 15) is 14.7 Å². The molecule has 0 spiro atoms. The highest BCUT2D eigenvalue weighted by atomic mass is 16.6. The minimum absolute atomic E-state index is 0.141. The Morgan fingerprint density at radius 1 is 0.849 bits per heavy atom. The molecule has 2 amide bonds. The van der Waals surface area contributed by atoms with Gasteiger partial charge in [0.25, 0.3) is 0 Å². The van der Waals surface area contributed by atoms with Gasteiger partial charge in [0.2, 0.25) is 5.91 Å². The SMILES string of the molecule is CC(=O)N[C@@H]1[C@@H](OCc2ccccc2)[C@H](OCc2ccccc2)[C@@H](COCc2ccccc2)O[C@@H]1CCC(O)[C@H]1COC(C)(C)N1C(=O)OC(C)(C)C. The molecule has 2 saturated heterocycles. The number of rotatable bonds is 15. The topological polar surface area (TPSA) is 125 Å². The van der Waals surface area contributed by atoms with Gasteiger partial charge < -0.3 is 38.8 Å². The van der Waals surface area contributed by atoms with Gasteiger partial charge >= 0.3 is 6.09 Å². The van der Waals surface area contributed by atoms with Crippen LogP contribution in [0, 0.1) is 0 Å². The van der Waals surface area contributed by atoms with E-state index < -0.39 is 60.0 Å². The lowest BCUT2D eigenvalue weighted by molar-refractivity contribution is -0.234. The van der Waals surface area contributed by atoms with Crippen molar-refractivity contribution >= 4 is 12.0 Å². The molecule has 0 bridgehead atoms. The Balaban J connectivity index is 1.41. The smallest absolute Gasteiger partial charge is 0.412 e. The van der Waals surface area contributed by atoms with Gasteiger partial charge in [-0.3, -0.25) is 9.69 Å². The van der Waals surface area contributed by atoms with Crippen LogP contribution in [-0.4, -0.2) is 89.2 Å². The van der Waals surface area contributed by atoms with Crippen molar-refractivity contribution < 1.29 is 43.1 Å². The molecule has 7 atom stereocenters. The number of nitrogens with zero attached hydrogens (tertiary/aromatic N) is 1. The van der Waals surface area contributed by atoms with Crippen molar-refractivity contribution in [1.29, 1.82) is 0 Å². The first-order chi connectivity index (χ1) is 25.3. The van der Waals surface area contributed by atoms with E-state index in [0.29, 0.717) is 19.6 Å². The second-order valence-corrected chi connectivity index (χ2v) is 15.3. The number of benzene rings is 3. The second kappa shape index (κ2) is 18.5. The average molecular weight is 733 g/mol. The number of hydrogen-bond acceptors (Lipinski definition) is 9. The summed E-state index contributed by atoms with van der Waals surface area (Å²) in [5.41, 5.74) is 1.27. The fourth-order valence-electron chi connectivity index (χ4n) is 6.92.